The first kappa shape index (κ1) is 17.4. The van der Waals surface area contributed by atoms with E-state index < -0.39 is 12.1 Å². The van der Waals surface area contributed by atoms with E-state index in [0.717, 1.165) is 0 Å². The molecule has 0 spiro atoms. The molecular weight excluding hydrogens is 272 g/mol. The number of carbonyl (C=O) groups is 3. The predicted octanol–water partition coefficient (Wildman–Crippen LogP) is 0.143. The van der Waals surface area contributed by atoms with Crippen LogP contribution in [0.15, 0.2) is 0 Å². The molecule has 3 amide bonds. The highest BCUT2D eigenvalue weighted by Crippen LogP contribution is 2.04. The standard InChI is InChI=1S/C14H28N4O3/c1-5-16-12(9(2)3)13(20)18-11(10(4)19)7-6-8-17-14(15)21/h9,11-12,16H,5-8H2,1-4H3,(H,18,20)(H3,15,17,21)/t11-,12-/m0/s1/i4D. The van der Waals surface area contributed by atoms with Gasteiger partial charge >= 0.3 is 6.03 Å². The van der Waals surface area contributed by atoms with Crippen LogP contribution in [0, 0.1) is 5.92 Å². The maximum atomic E-state index is 12.3. The number of primary amides is 1. The number of likely N-dealkylation sites (N-methyl/N-ethyl adjacent to an activating group) is 1. The molecule has 0 saturated heterocycles. The summed E-state index contributed by atoms with van der Waals surface area (Å²) in [6, 6.07) is -1.71. The van der Waals surface area contributed by atoms with Crippen LogP contribution in [0.25, 0.3) is 0 Å². The predicted molar refractivity (Wildman–Crippen MR) is 81.7 cm³/mol. The molecule has 0 heterocycles. The van der Waals surface area contributed by atoms with Gasteiger partial charge in [0, 0.05) is 7.92 Å². The van der Waals surface area contributed by atoms with Gasteiger partial charge in [-0.05, 0) is 32.2 Å². The molecule has 0 aromatic rings. The molecular formula is C14H28N4O3. The van der Waals surface area contributed by atoms with E-state index in [-0.39, 0.29) is 30.5 Å². The summed E-state index contributed by atoms with van der Waals surface area (Å²) in [4.78, 5) is 34.6. The molecule has 7 heteroatoms. The fraction of sp³-hybridized carbons (Fsp3) is 0.786. The average molecular weight is 301 g/mol. The second-order valence-electron chi connectivity index (χ2n) is 5.24. The summed E-state index contributed by atoms with van der Waals surface area (Å²) in [6.07, 6.45) is 0.855. The van der Waals surface area contributed by atoms with Gasteiger partial charge in [0.25, 0.3) is 0 Å². The number of urea groups is 1. The summed E-state index contributed by atoms with van der Waals surface area (Å²) in [5.41, 5.74) is 4.96. The van der Waals surface area contributed by atoms with Crippen LogP contribution in [0.5, 0.6) is 0 Å². The summed E-state index contributed by atoms with van der Waals surface area (Å²) < 4.78 is 7.20. The minimum atomic E-state index is -0.709. The Labute approximate surface area is 127 Å². The zero-order valence-electron chi connectivity index (χ0n) is 14.1. The van der Waals surface area contributed by atoms with Crippen LogP contribution in [-0.2, 0) is 9.59 Å². The number of Topliss-reactive ketones (excluding diaryl/α,β-unsaturated/α-hetero) is 1. The Morgan fingerprint density at radius 2 is 1.95 bits per heavy atom. The molecule has 0 aliphatic carbocycles. The number of nitrogens with one attached hydrogen (secondary N) is 3. The van der Waals surface area contributed by atoms with Crippen molar-refractivity contribution in [1.82, 2.24) is 16.0 Å². The normalized spacial score (nSPS) is 14.2. The van der Waals surface area contributed by atoms with Gasteiger partial charge in [0.15, 0.2) is 5.78 Å². The fourth-order valence-corrected chi connectivity index (χ4v) is 1.94. The second kappa shape index (κ2) is 10.1. The molecule has 0 rings (SSSR count). The van der Waals surface area contributed by atoms with Crippen molar-refractivity contribution in [1.29, 1.82) is 0 Å². The van der Waals surface area contributed by atoms with Gasteiger partial charge in [-0.15, -0.1) is 0 Å². The molecule has 0 saturated carbocycles. The van der Waals surface area contributed by atoms with Crippen LogP contribution < -0.4 is 21.7 Å². The van der Waals surface area contributed by atoms with Crippen molar-refractivity contribution >= 4 is 17.7 Å². The average Bonchev–Trinajstić information content (AvgIpc) is 2.46. The molecule has 0 unspecified atom stereocenters. The van der Waals surface area contributed by atoms with Gasteiger partial charge in [-0.1, -0.05) is 20.8 Å². The van der Waals surface area contributed by atoms with Gasteiger partial charge in [0.1, 0.15) is 0 Å². The number of carbonyl (C=O) groups excluding carboxylic acids is 3. The van der Waals surface area contributed by atoms with Crippen molar-refractivity contribution in [3.05, 3.63) is 0 Å². The number of amides is 3. The lowest BCUT2D eigenvalue weighted by Crippen LogP contribution is -2.52. The van der Waals surface area contributed by atoms with Crippen LogP contribution in [0.3, 0.4) is 0 Å². The van der Waals surface area contributed by atoms with Crippen LogP contribution >= 0.6 is 0 Å². The molecule has 21 heavy (non-hydrogen) atoms. The van der Waals surface area contributed by atoms with Crippen molar-refractivity contribution < 1.29 is 15.8 Å². The molecule has 2 atom stereocenters. The van der Waals surface area contributed by atoms with E-state index in [1.807, 2.05) is 20.8 Å². The first-order valence-corrected chi connectivity index (χ1v) is 7.22. The maximum absolute atomic E-state index is 12.3. The summed E-state index contributed by atoms with van der Waals surface area (Å²) in [5, 5.41) is 8.22. The Hall–Kier alpha value is -1.63. The van der Waals surface area contributed by atoms with Gasteiger partial charge in [-0.25, -0.2) is 4.79 Å². The van der Waals surface area contributed by atoms with Crippen molar-refractivity contribution in [2.45, 2.75) is 52.6 Å². The first-order chi connectivity index (χ1) is 10.3. The Morgan fingerprint density at radius 3 is 2.43 bits per heavy atom. The van der Waals surface area contributed by atoms with Crippen LogP contribution in [0.2, 0.25) is 0 Å². The number of hydrogen-bond acceptors (Lipinski definition) is 4. The molecule has 0 aliphatic rings. The summed E-state index contributed by atoms with van der Waals surface area (Å²) >= 11 is 0. The number of hydrogen-bond donors (Lipinski definition) is 4. The maximum Gasteiger partial charge on any atom is 0.312 e. The molecule has 122 valence electrons. The molecule has 5 N–H and O–H groups in total. The molecule has 0 aromatic heterocycles. The Bertz CT molecular complexity index is 377. The highest BCUT2D eigenvalue weighted by Gasteiger charge is 2.25. The first-order valence-electron chi connectivity index (χ1n) is 7.93. The van der Waals surface area contributed by atoms with E-state index in [1.165, 1.54) is 0 Å². The van der Waals surface area contributed by atoms with Crippen LogP contribution in [0.4, 0.5) is 4.79 Å². The van der Waals surface area contributed by atoms with E-state index >= 15 is 0 Å². The summed E-state index contributed by atoms with van der Waals surface area (Å²) in [7, 11) is 0. The third kappa shape index (κ3) is 8.29. The minimum Gasteiger partial charge on any atom is -0.352 e. The largest absolute Gasteiger partial charge is 0.352 e. The van der Waals surface area contributed by atoms with Crippen molar-refractivity contribution in [2.75, 3.05) is 13.1 Å². The van der Waals surface area contributed by atoms with E-state index in [2.05, 4.69) is 16.0 Å². The SMILES string of the molecule is [2H]CC(=O)[C@H](CCCNC(N)=O)NC(=O)[C@@H](NCC)C(C)C. The lowest BCUT2D eigenvalue weighted by atomic mass is 10.0. The number of ketones is 1. The van der Waals surface area contributed by atoms with Crippen molar-refractivity contribution in [3.63, 3.8) is 0 Å². The Kier molecular flexibility index (Phi) is 8.42. The van der Waals surface area contributed by atoms with E-state index in [0.29, 0.717) is 25.9 Å². The van der Waals surface area contributed by atoms with Crippen LogP contribution in [0.1, 0.15) is 41.9 Å². The summed E-state index contributed by atoms with van der Waals surface area (Å²) in [5.74, 6) is -0.499. The van der Waals surface area contributed by atoms with Gasteiger partial charge in [-0.3, -0.25) is 9.59 Å². The Balaban J connectivity index is 4.59. The molecule has 0 aliphatic heterocycles. The third-order valence-electron chi connectivity index (χ3n) is 3.05. The lowest BCUT2D eigenvalue weighted by Gasteiger charge is -2.24. The topological polar surface area (TPSA) is 113 Å². The van der Waals surface area contributed by atoms with E-state index in [9.17, 15) is 14.4 Å². The number of rotatable bonds is 10. The van der Waals surface area contributed by atoms with Gasteiger partial charge in [0.05, 0.1) is 12.1 Å². The molecule has 0 bridgehead atoms. The van der Waals surface area contributed by atoms with Gasteiger partial charge < -0.3 is 21.7 Å². The quantitative estimate of drug-likeness (QED) is 0.430. The third-order valence-corrected chi connectivity index (χ3v) is 3.05. The monoisotopic (exact) mass is 301 g/mol. The second-order valence-corrected chi connectivity index (χ2v) is 5.24. The summed E-state index contributed by atoms with van der Waals surface area (Å²) in [6.45, 7) is 6.34. The van der Waals surface area contributed by atoms with Crippen LogP contribution in [-0.4, -0.2) is 42.9 Å². The smallest absolute Gasteiger partial charge is 0.312 e. The number of nitrogens with two attached hydrogens (primary N) is 1. The highest BCUT2D eigenvalue weighted by atomic mass is 16.2. The van der Waals surface area contributed by atoms with E-state index in [4.69, 9.17) is 7.10 Å². The lowest BCUT2D eigenvalue weighted by molar-refractivity contribution is -0.129. The zero-order chi connectivity index (χ0) is 17.1. The molecule has 0 radical (unpaired) electrons. The molecule has 0 aromatic carbocycles. The Morgan fingerprint density at radius 1 is 1.29 bits per heavy atom. The molecule has 7 nitrogen and oxygen atoms in total. The van der Waals surface area contributed by atoms with Crippen molar-refractivity contribution in [3.8, 4) is 0 Å². The minimum absolute atomic E-state index is 0.0863. The zero-order valence-corrected chi connectivity index (χ0v) is 13.1. The fourth-order valence-electron chi connectivity index (χ4n) is 1.94. The van der Waals surface area contributed by atoms with Crippen molar-refractivity contribution in [2.24, 2.45) is 11.7 Å². The van der Waals surface area contributed by atoms with E-state index in [1.54, 1.807) is 0 Å². The highest BCUT2D eigenvalue weighted by molar-refractivity contribution is 5.89. The van der Waals surface area contributed by atoms with Gasteiger partial charge in [-0.2, -0.15) is 0 Å². The molecule has 0 fully saturated rings. The van der Waals surface area contributed by atoms with Gasteiger partial charge in [0.2, 0.25) is 5.91 Å².